The Kier molecular flexibility index (Phi) is 5.34. The Morgan fingerprint density at radius 3 is 2.88 bits per heavy atom. The van der Waals surface area contributed by atoms with Crippen LogP contribution in [-0.2, 0) is 6.42 Å². The van der Waals surface area contributed by atoms with Gasteiger partial charge in [0.1, 0.15) is 5.82 Å². The predicted octanol–water partition coefficient (Wildman–Crippen LogP) is 4.86. The summed E-state index contributed by atoms with van der Waals surface area (Å²) in [5.41, 5.74) is 3.74. The number of nitrogens with zero attached hydrogens (tertiary/aromatic N) is 3. The minimum Gasteiger partial charge on any atom is -0.340 e. The van der Waals surface area contributed by atoms with Crippen molar-refractivity contribution in [3.8, 4) is 0 Å². The Bertz CT molecular complexity index is 683. The summed E-state index contributed by atoms with van der Waals surface area (Å²) in [7, 11) is 0. The molecule has 1 aromatic heterocycles. The molecule has 0 aliphatic carbocycles. The van der Waals surface area contributed by atoms with E-state index in [2.05, 4.69) is 54.2 Å². The van der Waals surface area contributed by atoms with E-state index in [0.29, 0.717) is 6.04 Å². The molecule has 1 atom stereocenters. The molecule has 1 aromatic carbocycles. The number of para-hydroxylation sites is 1. The molecule has 0 saturated carbocycles. The molecule has 3 rings (SSSR count). The van der Waals surface area contributed by atoms with E-state index >= 15 is 0 Å². The molecule has 0 amide bonds. The number of hydrogen-bond acceptors (Lipinski definition) is 4. The van der Waals surface area contributed by atoms with Crippen molar-refractivity contribution in [1.82, 2.24) is 9.97 Å². The Labute approximate surface area is 145 Å². The summed E-state index contributed by atoms with van der Waals surface area (Å²) in [6.45, 7) is 7.64. The highest BCUT2D eigenvalue weighted by Crippen LogP contribution is 2.27. The molecule has 128 valence electrons. The van der Waals surface area contributed by atoms with Gasteiger partial charge in [0, 0.05) is 24.5 Å². The van der Waals surface area contributed by atoms with E-state index in [-0.39, 0.29) is 0 Å². The van der Waals surface area contributed by atoms with Crippen molar-refractivity contribution < 1.29 is 0 Å². The van der Waals surface area contributed by atoms with Crippen LogP contribution in [0.3, 0.4) is 0 Å². The molecule has 1 fully saturated rings. The van der Waals surface area contributed by atoms with E-state index in [4.69, 9.17) is 4.98 Å². The number of piperidine rings is 1. The maximum atomic E-state index is 4.81. The van der Waals surface area contributed by atoms with Crippen LogP contribution in [0.25, 0.3) is 0 Å². The van der Waals surface area contributed by atoms with Crippen molar-refractivity contribution in [2.24, 2.45) is 0 Å². The summed E-state index contributed by atoms with van der Waals surface area (Å²) < 4.78 is 0. The molecule has 24 heavy (non-hydrogen) atoms. The molecule has 0 bridgehead atoms. The fourth-order valence-electron chi connectivity index (χ4n) is 3.57. The summed E-state index contributed by atoms with van der Waals surface area (Å²) in [5, 5.41) is 3.53. The molecule has 1 aliphatic heterocycles. The quantitative estimate of drug-likeness (QED) is 0.852. The maximum absolute atomic E-state index is 4.81. The van der Waals surface area contributed by atoms with E-state index in [0.717, 1.165) is 31.2 Å². The van der Waals surface area contributed by atoms with Gasteiger partial charge in [-0.25, -0.2) is 4.98 Å². The van der Waals surface area contributed by atoms with Gasteiger partial charge in [-0.05, 0) is 56.2 Å². The number of anilines is 3. The molecule has 2 aromatic rings. The molecule has 1 saturated heterocycles. The van der Waals surface area contributed by atoms with Crippen LogP contribution in [0, 0.1) is 6.92 Å². The van der Waals surface area contributed by atoms with E-state index in [9.17, 15) is 0 Å². The summed E-state index contributed by atoms with van der Waals surface area (Å²) in [5.74, 6) is 1.74. The standard InChI is InChI=1S/C20H28N4/c1-4-16-10-8-9-15(3)19(16)22-18-12-13-21-20(23-18)24-14-7-6-11-17(24)5-2/h8-10,12-13,17H,4-7,11,14H2,1-3H3,(H,21,22,23). The van der Waals surface area contributed by atoms with Crippen molar-refractivity contribution in [3.05, 3.63) is 41.6 Å². The highest BCUT2D eigenvalue weighted by Gasteiger charge is 2.23. The Hall–Kier alpha value is -2.10. The number of hydrogen-bond donors (Lipinski definition) is 1. The van der Waals surface area contributed by atoms with Crippen LogP contribution in [0.4, 0.5) is 17.5 Å². The molecule has 1 aliphatic rings. The first-order valence-electron chi connectivity index (χ1n) is 9.18. The summed E-state index contributed by atoms with van der Waals surface area (Å²) >= 11 is 0. The van der Waals surface area contributed by atoms with Crippen molar-refractivity contribution >= 4 is 17.5 Å². The van der Waals surface area contributed by atoms with Gasteiger partial charge < -0.3 is 10.2 Å². The lowest BCUT2D eigenvalue weighted by Crippen LogP contribution is -2.40. The average molecular weight is 324 g/mol. The molecule has 1 unspecified atom stereocenters. The molecular weight excluding hydrogens is 296 g/mol. The minimum absolute atomic E-state index is 0.568. The Morgan fingerprint density at radius 2 is 2.08 bits per heavy atom. The largest absolute Gasteiger partial charge is 0.340 e. The second-order valence-corrected chi connectivity index (χ2v) is 6.58. The second-order valence-electron chi connectivity index (χ2n) is 6.58. The zero-order chi connectivity index (χ0) is 16.9. The first-order valence-corrected chi connectivity index (χ1v) is 9.18. The van der Waals surface area contributed by atoms with Crippen molar-refractivity contribution in [2.45, 2.75) is 58.9 Å². The normalized spacial score (nSPS) is 17.8. The summed E-state index contributed by atoms with van der Waals surface area (Å²) in [4.78, 5) is 11.7. The van der Waals surface area contributed by atoms with Gasteiger partial charge in [-0.2, -0.15) is 4.98 Å². The van der Waals surface area contributed by atoms with Gasteiger partial charge in [0.2, 0.25) is 5.95 Å². The summed E-state index contributed by atoms with van der Waals surface area (Å²) in [6.07, 6.45) is 7.82. The molecule has 4 heteroatoms. The van der Waals surface area contributed by atoms with Crippen LogP contribution in [0.1, 0.15) is 50.7 Å². The summed E-state index contributed by atoms with van der Waals surface area (Å²) in [6, 6.07) is 8.96. The third-order valence-corrected chi connectivity index (χ3v) is 4.99. The van der Waals surface area contributed by atoms with Crippen LogP contribution in [0.5, 0.6) is 0 Å². The Morgan fingerprint density at radius 1 is 1.21 bits per heavy atom. The van der Waals surface area contributed by atoms with Gasteiger partial charge >= 0.3 is 0 Å². The van der Waals surface area contributed by atoms with Gasteiger partial charge in [-0.15, -0.1) is 0 Å². The average Bonchev–Trinajstić information content (AvgIpc) is 2.63. The van der Waals surface area contributed by atoms with Gasteiger partial charge in [-0.3, -0.25) is 0 Å². The SMILES string of the molecule is CCc1cccc(C)c1Nc1ccnc(N2CCCCC2CC)n1. The predicted molar refractivity (Wildman–Crippen MR) is 101 cm³/mol. The topological polar surface area (TPSA) is 41.1 Å². The van der Waals surface area contributed by atoms with E-state index in [1.165, 1.54) is 36.1 Å². The van der Waals surface area contributed by atoms with Crippen LogP contribution < -0.4 is 10.2 Å². The van der Waals surface area contributed by atoms with Gasteiger partial charge in [0.15, 0.2) is 0 Å². The third kappa shape index (κ3) is 3.53. The van der Waals surface area contributed by atoms with Gasteiger partial charge in [0.05, 0.1) is 0 Å². The molecule has 4 nitrogen and oxygen atoms in total. The van der Waals surface area contributed by atoms with Gasteiger partial charge in [0.25, 0.3) is 0 Å². The van der Waals surface area contributed by atoms with Crippen LogP contribution in [0.15, 0.2) is 30.5 Å². The number of aromatic nitrogens is 2. The number of aryl methyl sites for hydroxylation is 2. The monoisotopic (exact) mass is 324 g/mol. The van der Waals surface area contributed by atoms with Crippen LogP contribution >= 0.6 is 0 Å². The first kappa shape index (κ1) is 16.7. The lowest BCUT2D eigenvalue weighted by atomic mass is 10.0. The zero-order valence-corrected chi connectivity index (χ0v) is 15.0. The van der Waals surface area contributed by atoms with Crippen molar-refractivity contribution in [2.75, 3.05) is 16.8 Å². The van der Waals surface area contributed by atoms with Crippen LogP contribution in [-0.4, -0.2) is 22.6 Å². The maximum Gasteiger partial charge on any atom is 0.227 e. The van der Waals surface area contributed by atoms with Crippen molar-refractivity contribution in [3.63, 3.8) is 0 Å². The molecule has 2 heterocycles. The highest BCUT2D eigenvalue weighted by molar-refractivity contribution is 5.65. The van der Waals surface area contributed by atoms with E-state index < -0.39 is 0 Å². The fraction of sp³-hybridized carbons (Fsp3) is 0.500. The van der Waals surface area contributed by atoms with E-state index in [1.807, 2.05) is 12.3 Å². The van der Waals surface area contributed by atoms with Crippen molar-refractivity contribution in [1.29, 1.82) is 0 Å². The molecule has 0 spiro atoms. The lowest BCUT2D eigenvalue weighted by molar-refractivity contribution is 0.443. The second kappa shape index (κ2) is 7.65. The lowest BCUT2D eigenvalue weighted by Gasteiger charge is -2.35. The van der Waals surface area contributed by atoms with E-state index in [1.54, 1.807) is 0 Å². The first-order chi connectivity index (χ1) is 11.7. The molecular formula is C20H28N4. The Balaban J connectivity index is 1.86. The number of benzene rings is 1. The highest BCUT2D eigenvalue weighted by atomic mass is 15.3. The smallest absolute Gasteiger partial charge is 0.227 e. The van der Waals surface area contributed by atoms with Crippen LogP contribution in [0.2, 0.25) is 0 Å². The number of rotatable bonds is 5. The number of nitrogens with one attached hydrogen (secondary N) is 1. The molecule has 1 N–H and O–H groups in total. The zero-order valence-electron chi connectivity index (χ0n) is 15.0. The third-order valence-electron chi connectivity index (χ3n) is 4.99. The minimum atomic E-state index is 0.568. The van der Waals surface area contributed by atoms with Gasteiger partial charge in [-0.1, -0.05) is 32.0 Å². The fourth-order valence-corrected chi connectivity index (χ4v) is 3.57. The molecule has 0 radical (unpaired) electrons.